The summed E-state index contributed by atoms with van der Waals surface area (Å²) < 4.78 is 34.2. The summed E-state index contributed by atoms with van der Waals surface area (Å²) in [4.78, 5) is 116. The molecule has 0 amide bonds. The quantitative estimate of drug-likeness (QED) is 0.0984. The molecule has 0 radical (unpaired) electrons. The van der Waals surface area contributed by atoms with Crippen LogP contribution in [-0.2, 0) is 27.2 Å². The number of carbonyl (C=O) groups is 4. The lowest BCUT2D eigenvalue weighted by molar-refractivity contribution is -0.123. The SMILES string of the molecule is COC(=O)c1cccc(CC(=O)C(CC2CCCCC2)n2c(=O)[nH]c3ccc(F)cc3c2=O)n1.O=C(O)c1cccc(CC(=O)C(CC2CCCCC2)n2c(=O)[nH]c3ccc(F)cc3c2=O)n1. The van der Waals surface area contributed by atoms with E-state index in [0.717, 1.165) is 97.6 Å². The van der Waals surface area contributed by atoms with E-state index in [9.17, 15) is 52.2 Å². The molecule has 2 fully saturated rings. The highest BCUT2D eigenvalue weighted by Crippen LogP contribution is 2.32. The Hall–Kier alpha value is -7.24. The second-order valence-electron chi connectivity index (χ2n) is 17.2. The van der Waals surface area contributed by atoms with Gasteiger partial charge in [-0.15, -0.1) is 0 Å². The molecule has 4 aromatic heterocycles. The summed E-state index contributed by atoms with van der Waals surface area (Å²) in [7, 11) is 1.24. The van der Waals surface area contributed by atoms with E-state index < -0.39 is 63.9 Å². The maximum atomic E-state index is 13.8. The molecule has 0 bridgehead atoms. The zero-order valence-corrected chi connectivity index (χ0v) is 36.8. The van der Waals surface area contributed by atoms with E-state index in [1.807, 2.05) is 0 Å². The number of hydrogen-bond acceptors (Lipinski definition) is 11. The van der Waals surface area contributed by atoms with E-state index in [1.54, 1.807) is 12.1 Å². The Kier molecular flexibility index (Phi) is 15.2. The largest absolute Gasteiger partial charge is 0.477 e. The number of carboxylic acids is 1. The standard InChI is InChI=1S/C25H26FN3O5.C24H24FN3O5/c1-34-24(32)20-9-5-8-17(27-20)14-22(30)21(12-15-6-3-2-4-7-15)29-23(31)18-13-16(26)10-11-19(18)28-25(29)33;25-15-9-10-18-17(12-15)22(30)28(24(33)27-18)20(11-14-5-2-1-3-6-14)21(29)13-16-7-4-8-19(26-16)23(31)32/h5,8-11,13,15,21H,2-4,6-7,12,14H2,1H3,(H,28,33);4,7-10,12,14,20H,1-3,5-6,11,13H2,(H,27,33)(H,31,32). The molecule has 0 spiro atoms. The molecule has 2 aliphatic rings. The van der Waals surface area contributed by atoms with Crippen LogP contribution in [0.3, 0.4) is 0 Å². The van der Waals surface area contributed by atoms with E-state index in [2.05, 4.69) is 24.7 Å². The van der Waals surface area contributed by atoms with Gasteiger partial charge in [-0.05, 0) is 85.3 Å². The Morgan fingerprint density at radius 1 is 0.642 bits per heavy atom. The van der Waals surface area contributed by atoms with Gasteiger partial charge in [-0.25, -0.2) is 47.1 Å². The fraction of sp³-hybridized carbons (Fsp3) is 0.388. The maximum Gasteiger partial charge on any atom is 0.356 e. The molecule has 2 aromatic carbocycles. The molecule has 4 heterocycles. The second kappa shape index (κ2) is 21.4. The number of aromatic carboxylic acids is 1. The van der Waals surface area contributed by atoms with Crippen LogP contribution in [0.5, 0.6) is 0 Å². The minimum absolute atomic E-state index is 0.00635. The molecule has 16 nitrogen and oxygen atoms in total. The molecule has 67 heavy (non-hydrogen) atoms. The van der Waals surface area contributed by atoms with Gasteiger partial charge in [0.1, 0.15) is 35.1 Å². The average Bonchev–Trinajstić information content (AvgIpc) is 3.32. The fourth-order valence-corrected chi connectivity index (χ4v) is 9.29. The lowest BCUT2D eigenvalue weighted by Gasteiger charge is -2.26. The Labute approximate surface area is 381 Å². The number of carbonyl (C=O) groups excluding carboxylic acids is 3. The molecule has 6 aromatic rings. The number of rotatable bonds is 14. The third-order valence-corrected chi connectivity index (χ3v) is 12.6. The first-order valence-corrected chi connectivity index (χ1v) is 22.4. The number of benzene rings is 2. The maximum absolute atomic E-state index is 13.8. The summed E-state index contributed by atoms with van der Waals surface area (Å²) in [6.07, 6.45) is 10.2. The van der Waals surface area contributed by atoms with Gasteiger partial charge in [0.2, 0.25) is 0 Å². The lowest BCUT2D eigenvalue weighted by atomic mass is 9.83. The Balaban J connectivity index is 0.000000199. The van der Waals surface area contributed by atoms with Gasteiger partial charge >= 0.3 is 23.3 Å². The van der Waals surface area contributed by atoms with Gasteiger partial charge in [0.15, 0.2) is 11.6 Å². The van der Waals surface area contributed by atoms with Crippen molar-refractivity contribution in [2.24, 2.45) is 11.8 Å². The third-order valence-electron chi connectivity index (χ3n) is 12.6. The number of aromatic amines is 2. The first kappa shape index (κ1) is 47.7. The van der Waals surface area contributed by atoms with Gasteiger partial charge in [0.25, 0.3) is 11.1 Å². The van der Waals surface area contributed by atoms with Crippen molar-refractivity contribution < 1.29 is 37.8 Å². The first-order valence-electron chi connectivity index (χ1n) is 22.4. The van der Waals surface area contributed by atoms with Crippen molar-refractivity contribution in [3.63, 3.8) is 0 Å². The molecule has 0 saturated heterocycles. The molecule has 0 aliphatic heterocycles. The van der Waals surface area contributed by atoms with Crippen LogP contribution in [0, 0.1) is 23.5 Å². The number of ketones is 2. The van der Waals surface area contributed by atoms with Crippen LogP contribution in [0.15, 0.2) is 92.0 Å². The Morgan fingerprint density at radius 3 is 1.48 bits per heavy atom. The first-order chi connectivity index (χ1) is 32.2. The zero-order valence-electron chi connectivity index (χ0n) is 36.8. The van der Waals surface area contributed by atoms with Crippen LogP contribution in [-0.4, -0.2) is 64.8 Å². The number of hydrogen-bond donors (Lipinski definition) is 3. The van der Waals surface area contributed by atoms with E-state index >= 15 is 0 Å². The van der Waals surface area contributed by atoms with Crippen molar-refractivity contribution in [3.05, 3.63) is 149 Å². The predicted molar refractivity (Wildman–Crippen MR) is 242 cm³/mol. The summed E-state index contributed by atoms with van der Waals surface area (Å²) >= 11 is 0. The normalized spacial score (nSPS) is 15.3. The van der Waals surface area contributed by atoms with Gasteiger partial charge in [-0.1, -0.05) is 76.3 Å². The third kappa shape index (κ3) is 11.4. The second-order valence-corrected chi connectivity index (χ2v) is 17.2. The number of aromatic nitrogens is 6. The van der Waals surface area contributed by atoms with Crippen LogP contribution in [0.1, 0.15) is 121 Å². The number of ether oxygens (including phenoxy) is 1. The van der Waals surface area contributed by atoms with Crippen molar-refractivity contribution in [2.75, 3.05) is 7.11 Å². The van der Waals surface area contributed by atoms with Crippen molar-refractivity contribution in [2.45, 2.75) is 102 Å². The van der Waals surface area contributed by atoms with Crippen LogP contribution < -0.4 is 22.5 Å². The molecule has 2 aliphatic carbocycles. The van der Waals surface area contributed by atoms with Crippen LogP contribution in [0.25, 0.3) is 21.8 Å². The van der Waals surface area contributed by atoms with Gasteiger partial charge in [0.05, 0.1) is 41.8 Å². The number of H-pyrrole nitrogens is 2. The number of methoxy groups -OCH3 is 1. The van der Waals surface area contributed by atoms with E-state index in [-0.39, 0.29) is 69.3 Å². The van der Waals surface area contributed by atoms with Gasteiger partial charge < -0.3 is 19.8 Å². The van der Waals surface area contributed by atoms with E-state index in [4.69, 9.17) is 0 Å². The van der Waals surface area contributed by atoms with Crippen LogP contribution in [0.2, 0.25) is 0 Å². The van der Waals surface area contributed by atoms with Gasteiger partial charge in [-0.2, -0.15) is 0 Å². The highest BCUT2D eigenvalue weighted by atomic mass is 19.1. The molecular formula is C49H50F2N6O10. The Bertz CT molecular complexity index is 3080. The smallest absolute Gasteiger partial charge is 0.356 e. The Morgan fingerprint density at radius 2 is 1.06 bits per heavy atom. The molecule has 8 rings (SSSR count). The number of pyridine rings is 2. The molecular weight excluding hydrogens is 871 g/mol. The minimum atomic E-state index is -1.22. The number of halogens is 2. The van der Waals surface area contributed by atoms with Crippen LogP contribution >= 0.6 is 0 Å². The van der Waals surface area contributed by atoms with Gasteiger partial charge in [-0.3, -0.25) is 19.2 Å². The summed E-state index contributed by atoms with van der Waals surface area (Å²) in [5.74, 6) is -3.51. The topological polar surface area (TPSA) is 233 Å². The lowest BCUT2D eigenvalue weighted by Crippen LogP contribution is -2.42. The monoisotopic (exact) mass is 920 g/mol. The van der Waals surface area contributed by atoms with E-state index in [1.165, 1.54) is 43.5 Å². The number of nitrogens with one attached hydrogen (secondary N) is 2. The molecule has 2 atom stereocenters. The van der Waals surface area contributed by atoms with Gasteiger partial charge in [0, 0.05) is 11.4 Å². The summed E-state index contributed by atoms with van der Waals surface area (Å²) in [6, 6.07) is 14.0. The molecule has 2 saturated carbocycles. The van der Waals surface area contributed by atoms with Crippen molar-refractivity contribution in [1.29, 1.82) is 0 Å². The van der Waals surface area contributed by atoms with E-state index in [0.29, 0.717) is 18.5 Å². The summed E-state index contributed by atoms with van der Waals surface area (Å²) in [5.41, 5.74) is -2.03. The van der Waals surface area contributed by atoms with Crippen molar-refractivity contribution in [3.8, 4) is 0 Å². The minimum Gasteiger partial charge on any atom is -0.477 e. The molecule has 18 heteroatoms. The number of nitrogens with zero attached hydrogens (tertiary/aromatic N) is 4. The fourth-order valence-electron chi connectivity index (χ4n) is 9.29. The number of carboxylic acid groups (broad SMARTS) is 1. The molecule has 350 valence electrons. The highest BCUT2D eigenvalue weighted by molar-refractivity contribution is 5.89. The van der Waals surface area contributed by atoms with Crippen LogP contribution in [0.4, 0.5) is 8.78 Å². The summed E-state index contributed by atoms with van der Waals surface area (Å²) in [6.45, 7) is 0. The predicted octanol–water partition coefficient (Wildman–Crippen LogP) is 6.58. The number of esters is 1. The van der Waals surface area contributed by atoms with Crippen molar-refractivity contribution in [1.82, 2.24) is 29.1 Å². The summed E-state index contributed by atoms with van der Waals surface area (Å²) in [5, 5.41) is 9.17. The average molecular weight is 921 g/mol. The zero-order chi connectivity index (χ0) is 47.8. The highest BCUT2D eigenvalue weighted by Gasteiger charge is 2.31. The molecule has 2 unspecified atom stereocenters. The van der Waals surface area contributed by atoms with Crippen molar-refractivity contribution >= 4 is 45.3 Å². The molecule has 3 N–H and O–H groups in total. The number of fused-ring (bicyclic) bond motifs is 2. The number of Topliss-reactive ketones (excluding diaryl/α,β-unsaturated/α-hetero) is 2.